The van der Waals surface area contributed by atoms with Crippen molar-refractivity contribution in [2.45, 2.75) is 42.9 Å². The molecule has 3 heteroatoms. The van der Waals surface area contributed by atoms with E-state index in [-0.39, 0.29) is 0 Å². The summed E-state index contributed by atoms with van der Waals surface area (Å²) in [6.45, 7) is 3.87. The van der Waals surface area contributed by atoms with Crippen molar-refractivity contribution in [1.29, 1.82) is 0 Å². The van der Waals surface area contributed by atoms with Gasteiger partial charge in [0, 0.05) is 29.0 Å². The summed E-state index contributed by atoms with van der Waals surface area (Å²) in [6, 6.07) is 30.2. The molecule has 0 N–H and O–H groups in total. The highest BCUT2D eigenvalue weighted by molar-refractivity contribution is 7.98. The van der Waals surface area contributed by atoms with Gasteiger partial charge in [0.05, 0.1) is 0 Å². The van der Waals surface area contributed by atoms with Gasteiger partial charge in [0.25, 0.3) is 0 Å². The number of fused-ring (bicyclic) bond motifs is 1. The molecule has 0 amide bonds. The van der Waals surface area contributed by atoms with Gasteiger partial charge in [0.15, 0.2) is 0 Å². The lowest BCUT2D eigenvalue weighted by atomic mass is 9.87. The van der Waals surface area contributed by atoms with Crippen LogP contribution in [0.5, 0.6) is 0 Å². The number of hydrogen-bond donors (Lipinski definition) is 0. The van der Waals surface area contributed by atoms with Gasteiger partial charge in [0.2, 0.25) is 0 Å². The van der Waals surface area contributed by atoms with Crippen LogP contribution in [0.25, 0.3) is 6.08 Å². The van der Waals surface area contributed by atoms with Gasteiger partial charge in [-0.15, -0.1) is 0 Å². The maximum atomic E-state index is 4.12. The van der Waals surface area contributed by atoms with Gasteiger partial charge in [-0.05, 0) is 74.2 Å². The van der Waals surface area contributed by atoms with Gasteiger partial charge in [-0.1, -0.05) is 91.4 Å². The van der Waals surface area contributed by atoms with Gasteiger partial charge in [0.1, 0.15) is 0 Å². The first-order valence-electron chi connectivity index (χ1n) is 12.2. The Hall–Kier alpha value is -2.62. The molecule has 0 aromatic heterocycles. The second-order valence-corrected chi connectivity index (χ2v) is 9.49. The summed E-state index contributed by atoms with van der Waals surface area (Å²) in [6.07, 6.45) is 12.6. The Morgan fingerprint density at radius 2 is 1.39 bits per heavy atom. The molecule has 0 radical (unpaired) electrons. The van der Waals surface area contributed by atoms with Crippen molar-refractivity contribution in [3.63, 3.8) is 0 Å². The Labute approximate surface area is 203 Å². The van der Waals surface area contributed by atoms with E-state index in [9.17, 15) is 0 Å². The first-order valence-corrected chi connectivity index (χ1v) is 13.0. The van der Waals surface area contributed by atoms with Crippen LogP contribution in [0, 0.1) is 0 Å². The summed E-state index contributed by atoms with van der Waals surface area (Å²) in [5.41, 5.74) is 4.15. The van der Waals surface area contributed by atoms with E-state index in [1.807, 2.05) is 24.4 Å². The highest BCUT2D eigenvalue weighted by Crippen LogP contribution is 2.29. The van der Waals surface area contributed by atoms with Crippen LogP contribution in [0.15, 0.2) is 100 Å². The van der Waals surface area contributed by atoms with Crippen LogP contribution >= 0.6 is 11.9 Å². The van der Waals surface area contributed by atoms with Crippen LogP contribution in [0.1, 0.15) is 54.7 Å². The van der Waals surface area contributed by atoms with Gasteiger partial charge >= 0.3 is 0 Å². The lowest BCUT2D eigenvalue weighted by Gasteiger charge is -2.27. The molecule has 170 valence electrons. The number of nitrogens with zero attached hydrogens (tertiary/aromatic N) is 2. The molecule has 0 saturated carbocycles. The smallest absolute Gasteiger partial charge is 0.0377 e. The fourth-order valence-electron chi connectivity index (χ4n) is 4.57. The van der Waals surface area contributed by atoms with E-state index in [0.717, 1.165) is 0 Å². The predicted octanol–water partition coefficient (Wildman–Crippen LogP) is 7.88. The molecule has 0 unspecified atom stereocenters. The topological polar surface area (TPSA) is 15.6 Å². The molecule has 0 spiro atoms. The van der Waals surface area contributed by atoms with E-state index >= 15 is 0 Å². The van der Waals surface area contributed by atoms with E-state index in [4.69, 9.17) is 0 Å². The normalized spacial score (nSPS) is 15.4. The van der Waals surface area contributed by atoms with Crippen molar-refractivity contribution in [2.24, 2.45) is 4.40 Å². The summed E-state index contributed by atoms with van der Waals surface area (Å²) in [7, 11) is 0. The lowest BCUT2D eigenvalue weighted by Crippen LogP contribution is -2.30. The Bertz CT molecular complexity index is 968. The molecular formula is C30H34N2S. The van der Waals surface area contributed by atoms with Crippen LogP contribution in [-0.2, 0) is 0 Å². The Morgan fingerprint density at radius 1 is 0.758 bits per heavy atom. The molecule has 2 aliphatic heterocycles. The Kier molecular flexibility index (Phi) is 9.40. The molecule has 3 aromatic carbocycles. The number of allylic oxidation sites excluding steroid dienone is 1. The van der Waals surface area contributed by atoms with Crippen molar-refractivity contribution in [3.05, 3.63) is 108 Å². The molecule has 1 saturated heterocycles. The Balaban J connectivity index is 0.000000196. The SMILES string of the molecule is C1=Cc2ccccc2SN=C1.c1ccc(C(CCCN2CCCCC2)c2ccccc2)cc1. The van der Waals surface area contributed by atoms with Gasteiger partial charge in [-0.3, -0.25) is 0 Å². The van der Waals surface area contributed by atoms with Crippen LogP contribution in [0.4, 0.5) is 0 Å². The molecule has 0 bridgehead atoms. The zero-order valence-corrected chi connectivity index (χ0v) is 20.2. The highest BCUT2D eigenvalue weighted by Gasteiger charge is 2.15. The number of hydrogen-bond acceptors (Lipinski definition) is 3. The summed E-state index contributed by atoms with van der Waals surface area (Å²) in [5, 5.41) is 0. The molecule has 33 heavy (non-hydrogen) atoms. The average molecular weight is 455 g/mol. The first-order chi connectivity index (χ1) is 16.4. The second kappa shape index (κ2) is 13.2. The first kappa shape index (κ1) is 23.5. The molecule has 3 aromatic rings. The molecule has 1 fully saturated rings. The quantitative estimate of drug-likeness (QED) is 0.352. The highest BCUT2D eigenvalue weighted by atomic mass is 32.2. The number of benzene rings is 3. The van der Waals surface area contributed by atoms with E-state index in [1.165, 1.54) is 85.3 Å². The van der Waals surface area contributed by atoms with Crippen LogP contribution in [-0.4, -0.2) is 30.7 Å². The maximum absolute atomic E-state index is 4.12. The zero-order chi connectivity index (χ0) is 22.6. The van der Waals surface area contributed by atoms with Crippen molar-refractivity contribution < 1.29 is 0 Å². The largest absolute Gasteiger partial charge is 0.303 e. The molecule has 0 atom stereocenters. The van der Waals surface area contributed by atoms with Crippen LogP contribution in [0.2, 0.25) is 0 Å². The average Bonchev–Trinajstić information content (AvgIpc) is 3.14. The van der Waals surface area contributed by atoms with Crippen LogP contribution in [0.3, 0.4) is 0 Å². The third-order valence-electron chi connectivity index (χ3n) is 6.31. The Morgan fingerprint density at radius 3 is 2.09 bits per heavy atom. The second-order valence-electron chi connectivity index (χ2n) is 8.66. The lowest BCUT2D eigenvalue weighted by molar-refractivity contribution is 0.224. The van der Waals surface area contributed by atoms with Crippen molar-refractivity contribution in [3.8, 4) is 0 Å². The van der Waals surface area contributed by atoms with Crippen molar-refractivity contribution in [1.82, 2.24) is 4.90 Å². The maximum Gasteiger partial charge on any atom is 0.0377 e. The van der Waals surface area contributed by atoms with E-state index < -0.39 is 0 Å². The summed E-state index contributed by atoms with van der Waals surface area (Å²) in [5.74, 6) is 0.534. The van der Waals surface area contributed by atoms with E-state index in [1.54, 1.807) is 0 Å². The molecule has 2 nitrogen and oxygen atoms in total. The standard InChI is InChI=1S/C21H27N.C9H7NS/c1-4-11-19(12-5-1)21(20-13-6-2-7-14-20)15-10-18-22-16-8-3-9-17-22;1-2-6-9-8(4-1)5-3-7-10-11-9/h1-2,4-7,11-14,21H,3,8-10,15-18H2;1-7H. The van der Waals surface area contributed by atoms with Gasteiger partial charge < -0.3 is 4.90 Å². The third kappa shape index (κ3) is 7.45. The monoisotopic (exact) mass is 454 g/mol. The number of piperidine rings is 1. The minimum absolute atomic E-state index is 0.534. The molecule has 0 aliphatic carbocycles. The van der Waals surface area contributed by atoms with Crippen molar-refractivity contribution >= 4 is 24.2 Å². The molecule has 2 aliphatic rings. The van der Waals surface area contributed by atoms with E-state index in [2.05, 4.69) is 88.2 Å². The fraction of sp³-hybridized carbons (Fsp3) is 0.300. The minimum atomic E-state index is 0.534. The summed E-state index contributed by atoms with van der Waals surface area (Å²) >= 11 is 1.52. The number of likely N-dealkylation sites (tertiary alicyclic amines) is 1. The summed E-state index contributed by atoms with van der Waals surface area (Å²) < 4.78 is 4.12. The molecular weight excluding hydrogens is 420 g/mol. The number of rotatable bonds is 6. The fourth-order valence-corrected chi connectivity index (χ4v) is 5.19. The molecule has 2 heterocycles. The third-order valence-corrected chi connectivity index (χ3v) is 7.11. The predicted molar refractivity (Wildman–Crippen MR) is 144 cm³/mol. The van der Waals surface area contributed by atoms with Crippen LogP contribution < -0.4 is 0 Å². The van der Waals surface area contributed by atoms with E-state index in [0.29, 0.717) is 5.92 Å². The van der Waals surface area contributed by atoms with Gasteiger partial charge in [-0.25, -0.2) is 4.40 Å². The van der Waals surface area contributed by atoms with Gasteiger partial charge in [-0.2, -0.15) is 0 Å². The van der Waals surface area contributed by atoms with Crippen molar-refractivity contribution in [2.75, 3.05) is 19.6 Å². The summed E-state index contributed by atoms with van der Waals surface area (Å²) in [4.78, 5) is 3.87. The zero-order valence-electron chi connectivity index (χ0n) is 19.4. The molecule has 5 rings (SSSR count). The minimum Gasteiger partial charge on any atom is -0.303 e.